The lowest BCUT2D eigenvalue weighted by atomic mass is 10.1. The number of aromatic amines is 1. The minimum atomic E-state index is -1.05. The number of esters is 1. The van der Waals surface area contributed by atoms with Crippen molar-refractivity contribution < 1.29 is 19.4 Å². The average molecular weight is 225 g/mol. The van der Waals surface area contributed by atoms with Crippen molar-refractivity contribution in [1.82, 2.24) is 4.98 Å². The number of H-pyrrole nitrogens is 1. The quantitative estimate of drug-likeness (QED) is 0.770. The number of aromatic carboxylic acids is 1. The minimum absolute atomic E-state index is 0.135. The zero-order valence-electron chi connectivity index (χ0n) is 9.75. The number of hydrogen-bond acceptors (Lipinski definition) is 3. The van der Waals surface area contributed by atoms with E-state index in [0.717, 1.165) is 0 Å². The zero-order chi connectivity index (χ0) is 12.5. The highest BCUT2D eigenvalue weighted by Crippen LogP contribution is 2.18. The molecule has 0 atom stereocenters. The second kappa shape index (κ2) is 4.38. The molecular formula is C11H15NO4. The number of aryl methyl sites for hydroxylation is 1. The summed E-state index contributed by atoms with van der Waals surface area (Å²) in [6.07, 6.45) is -0.233. The van der Waals surface area contributed by atoms with Gasteiger partial charge in [0.2, 0.25) is 0 Å². The summed E-state index contributed by atoms with van der Waals surface area (Å²) in [6.45, 7) is 6.68. The molecule has 88 valence electrons. The van der Waals surface area contributed by atoms with Crippen LogP contribution >= 0.6 is 0 Å². The van der Waals surface area contributed by atoms with E-state index in [4.69, 9.17) is 9.84 Å². The fourth-order valence-corrected chi connectivity index (χ4v) is 1.55. The number of rotatable bonds is 3. The third-order valence-electron chi connectivity index (χ3n) is 2.20. The molecule has 0 amide bonds. The molecule has 1 aromatic heterocycles. The molecule has 0 aliphatic carbocycles. The lowest BCUT2D eigenvalue weighted by Crippen LogP contribution is -2.13. The number of carboxylic acids is 1. The van der Waals surface area contributed by atoms with Gasteiger partial charge in [0.15, 0.2) is 0 Å². The molecule has 0 spiro atoms. The van der Waals surface area contributed by atoms with Gasteiger partial charge in [-0.05, 0) is 33.3 Å². The van der Waals surface area contributed by atoms with Gasteiger partial charge in [0.05, 0.1) is 11.7 Å². The first-order valence-electron chi connectivity index (χ1n) is 4.98. The summed E-state index contributed by atoms with van der Waals surface area (Å²) in [5, 5.41) is 8.95. The van der Waals surface area contributed by atoms with E-state index in [9.17, 15) is 9.59 Å². The first-order chi connectivity index (χ1) is 7.34. The second-order valence-corrected chi connectivity index (χ2v) is 3.88. The van der Waals surface area contributed by atoms with Crippen LogP contribution in [0.2, 0.25) is 0 Å². The predicted molar refractivity (Wildman–Crippen MR) is 57.8 cm³/mol. The fourth-order valence-electron chi connectivity index (χ4n) is 1.55. The molecule has 1 aromatic rings. The molecule has 16 heavy (non-hydrogen) atoms. The number of ether oxygens (including phenoxy) is 1. The van der Waals surface area contributed by atoms with Crippen LogP contribution in [0.1, 0.15) is 46.0 Å². The van der Waals surface area contributed by atoms with Crippen molar-refractivity contribution in [3.63, 3.8) is 0 Å². The lowest BCUT2D eigenvalue weighted by Gasteiger charge is -2.06. The Balaban J connectivity index is 3.12. The third-order valence-corrected chi connectivity index (χ3v) is 2.20. The van der Waals surface area contributed by atoms with E-state index >= 15 is 0 Å². The van der Waals surface area contributed by atoms with Gasteiger partial charge in [0, 0.05) is 5.69 Å². The average Bonchev–Trinajstić information content (AvgIpc) is 2.40. The summed E-state index contributed by atoms with van der Waals surface area (Å²) in [5.74, 6) is -1.57. The number of carbonyl (C=O) groups excluding carboxylic acids is 1. The maximum Gasteiger partial charge on any atom is 0.355 e. The van der Waals surface area contributed by atoms with E-state index in [1.54, 1.807) is 27.7 Å². The highest BCUT2D eigenvalue weighted by atomic mass is 16.5. The van der Waals surface area contributed by atoms with Crippen molar-refractivity contribution in [3.8, 4) is 0 Å². The molecule has 1 heterocycles. The Kier molecular flexibility index (Phi) is 3.37. The zero-order valence-corrected chi connectivity index (χ0v) is 9.75. The van der Waals surface area contributed by atoms with Crippen LogP contribution in [0.15, 0.2) is 0 Å². The van der Waals surface area contributed by atoms with Crippen LogP contribution in [0.4, 0.5) is 0 Å². The van der Waals surface area contributed by atoms with E-state index < -0.39 is 11.9 Å². The third kappa shape index (κ3) is 2.24. The van der Waals surface area contributed by atoms with Crippen molar-refractivity contribution >= 4 is 11.9 Å². The molecule has 0 fully saturated rings. The highest BCUT2D eigenvalue weighted by Gasteiger charge is 2.22. The van der Waals surface area contributed by atoms with Crippen molar-refractivity contribution in [2.45, 2.75) is 33.8 Å². The molecule has 0 aliphatic heterocycles. The molecule has 0 aromatic carbocycles. The van der Waals surface area contributed by atoms with Gasteiger partial charge >= 0.3 is 11.9 Å². The van der Waals surface area contributed by atoms with Crippen molar-refractivity contribution in [2.75, 3.05) is 0 Å². The predicted octanol–water partition coefficient (Wildman–Crippen LogP) is 1.89. The second-order valence-electron chi connectivity index (χ2n) is 3.88. The lowest BCUT2D eigenvalue weighted by molar-refractivity contribution is 0.0370. The summed E-state index contributed by atoms with van der Waals surface area (Å²) in [4.78, 5) is 25.3. The molecule has 0 saturated heterocycles. The van der Waals surface area contributed by atoms with Crippen LogP contribution < -0.4 is 0 Å². The molecule has 2 N–H and O–H groups in total. The van der Waals surface area contributed by atoms with Gasteiger partial charge in [-0.3, -0.25) is 0 Å². The molecule has 5 heteroatoms. The number of hydrogen-bond donors (Lipinski definition) is 2. The van der Waals surface area contributed by atoms with Crippen LogP contribution in [0.3, 0.4) is 0 Å². The van der Waals surface area contributed by atoms with E-state index in [1.807, 2.05) is 0 Å². The Hall–Kier alpha value is -1.78. The Morgan fingerprint density at radius 1 is 1.31 bits per heavy atom. The van der Waals surface area contributed by atoms with Crippen LogP contribution in [0.25, 0.3) is 0 Å². The van der Waals surface area contributed by atoms with E-state index in [1.165, 1.54) is 0 Å². The Morgan fingerprint density at radius 3 is 2.25 bits per heavy atom. The summed E-state index contributed by atoms with van der Waals surface area (Å²) in [7, 11) is 0. The summed E-state index contributed by atoms with van der Waals surface area (Å²) >= 11 is 0. The minimum Gasteiger partial charge on any atom is -0.478 e. The molecule has 0 unspecified atom stereocenters. The van der Waals surface area contributed by atoms with Crippen LogP contribution in [0.5, 0.6) is 0 Å². The van der Waals surface area contributed by atoms with Gasteiger partial charge in [-0.25, -0.2) is 9.59 Å². The number of carboxylic acid groups (broad SMARTS) is 1. The van der Waals surface area contributed by atoms with Crippen molar-refractivity contribution in [3.05, 3.63) is 22.5 Å². The first kappa shape index (κ1) is 12.3. The van der Waals surface area contributed by atoms with Crippen LogP contribution in [0, 0.1) is 13.8 Å². The van der Waals surface area contributed by atoms with Gasteiger partial charge in [-0.15, -0.1) is 0 Å². The Morgan fingerprint density at radius 2 is 1.88 bits per heavy atom. The van der Waals surface area contributed by atoms with Gasteiger partial charge in [0.1, 0.15) is 5.69 Å². The van der Waals surface area contributed by atoms with Crippen molar-refractivity contribution in [2.24, 2.45) is 0 Å². The molecule has 5 nitrogen and oxygen atoms in total. The molecule has 0 aliphatic rings. The summed E-state index contributed by atoms with van der Waals surface area (Å²) < 4.78 is 5.00. The smallest absolute Gasteiger partial charge is 0.355 e. The largest absolute Gasteiger partial charge is 0.478 e. The summed E-state index contributed by atoms with van der Waals surface area (Å²) in [5.41, 5.74) is 1.22. The SMILES string of the molecule is Cc1[nH]c(C(=O)OC(C)C)c(C)c1C(=O)O. The molecule has 1 rings (SSSR count). The van der Waals surface area contributed by atoms with Crippen LogP contribution in [-0.4, -0.2) is 28.1 Å². The molecule has 0 bridgehead atoms. The number of aromatic nitrogens is 1. The monoisotopic (exact) mass is 225 g/mol. The maximum atomic E-state index is 11.6. The van der Waals surface area contributed by atoms with Crippen LogP contribution in [-0.2, 0) is 4.74 Å². The normalized spacial score (nSPS) is 10.6. The van der Waals surface area contributed by atoms with Gasteiger partial charge in [-0.2, -0.15) is 0 Å². The summed E-state index contributed by atoms with van der Waals surface area (Å²) in [6, 6.07) is 0. The van der Waals surface area contributed by atoms with Gasteiger partial charge in [-0.1, -0.05) is 0 Å². The maximum absolute atomic E-state index is 11.6. The number of nitrogens with one attached hydrogen (secondary N) is 1. The number of carbonyl (C=O) groups is 2. The van der Waals surface area contributed by atoms with E-state index in [0.29, 0.717) is 11.3 Å². The van der Waals surface area contributed by atoms with Gasteiger partial charge < -0.3 is 14.8 Å². The molecule has 0 saturated carbocycles. The standard InChI is InChI=1S/C11H15NO4/c1-5(2)16-11(15)9-6(3)8(10(13)14)7(4)12-9/h5,12H,1-4H3,(H,13,14). The molecular weight excluding hydrogens is 210 g/mol. The topological polar surface area (TPSA) is 79.4 Å². The first-order valence-corrected chi connectivity index (χ1v) is 4.98. The Labute approximate surface area is 93.4 Å². The highest BCUT2D eigenvalue weighted by molar-refractivity contribution is 5.97. The molecule has 0 radical (unpaired) electrons. The Bertz CT molecular complexity index is 431. The van der Waals surface area contributed by atoms with E-state index in [-0.39, 0.29) is 17.4 Å². The van der Waals surface area contributed by atoms with Gasteiger partial charge in [0.25, 0.3) is 0 Å². The fraction of sp³-hybridized carbons (Fsp3) is 0.455. The van der Waals surface area contributed by atoms with E-state index in [2.05, 4.69) is 4.98 Å². The van der Waals surface area contributed by atoms with Crippen molar-refractivity contribution in [1.29, 1.82) is 0 Å².